The monoisotopic (exact) mass is 283 g/mol. The highest BCUT2D eigenvalue weighted by Crippen LogP contribution is 2.28. The highest BCUT2D eigenvalue weighted by atomic mass is 32.1. The Labute approximate surface area is 118 Å². The molecule has 0 radical (unpaired) electrons. The molecule has 0 spiro atoms. The lowest BCUT2D eigenvalue weighted by molar-refractivity contribution is 0.0697. The molecule has 98 valence electrons. The summed E-state index contributed by atoms with van der Waals surface area (Å²) in [4.78, 5) is 23.6. The Hall–Kier alpha value is -2.60. The zero-order valence-electron chi connectivity index (χ0n) is 10.2. The highest BCUT2D eigenvalue weighted by molar-refractivity contribution is 7.13. The van der Waals surface area contributed by atoms with Crippen molar-refractivity contribution in [1.82, 2.24) is 15.0 Å². The number of thiazole rings is 1. The summed E-state index contributed by atoms with van der Waals surface area (Å²) in [5.41, 5.74) is 2.46. The molecule has 20 heavy (non-hydrogen) atoms. The predicted octanol–water partition coefficient (Wildman–Crippen LogP) is 2.97. The molecule has 0 aliphatic carbocycles. The van der Waals surface area contributed by atoms with Crippen LogP contribution in [-0.4, -0.2) is 26.0 Å². The van der Waals surface area contributed by atoms with Crippen LogP contribution in [0.3, 0.4) is 0 Å². The van der Waals surface area contributed by atoms with Crippen LogP contribution in [0.4, 0.5) is 0 Å². The van der Waals surface area contributed by atoms with Crippen LogP contribution in [-0.2, 0) is 0 Å². The number of nitrogens with zero attached hydrogens (tertiary/aromatic N) is 3. The van der Waals surface area contributed by atoms with Gasteiger partial charge >= 0.3 is 5.97 Å². The van der Waals surface area contributed by atoms with Gasteiger partial charge in [0.05, 0.1) is 11.8 Å². The van der Waals surface area contributed by atoms with E-state index in [4.69, 9.17) is 5.11 Å². The van der Waals surface area contributed by atoms with Crippen LogP contribution >= 0.6 is 11.3 Å². The number of carboxylic acid groups (broad SMARTS) is 1. The van der Waals surface area contributed by atoms with Gasteiger partial charge in [-0.15, -0.1) is 11.3 Å². The van der Waals surface area contributed by atoms with Crippen LogP contribution < -0.4 is 0 Å². The van der Waals surface area contributed by atoms with Gasteiger partial charge in [0.25, 0.3) is 0 Å². The van der Waals surface area contributed by atoms with Gasteiger partial charge in [-0.2, -0.15) is 0 Å². The molecule has 6 heteroatoms. The summed E-state index contributed by atoms with van der Waals surface area (Å²) in [7, 11) is 0. The Bertz CT molecular complexity index is 756. The average molecular weight is 283 g/mol. The lowest BCUT2D eigenvalue weighted by atomic mass is 10.1. The van der Waals surface area contributed by atoms with E-state index in [-0.39, 0.29) is 5.56 Å². The molecular formula is C14H9N3O2S. The number of hydrogen-bond donors (Lipinski definition) is 1. The van der Waals surface area contributed by atoms with Crippen molar-refractivity contribution in [2.75, 3.05) is 0 Å². The Morgan fingerprint density at radius 2 is 2.10 bits per heavy atom. The molecule has 3 aromatic rings. The predicted molar refractivity (Wildman–Crippen MR) is 75.5 cm³/mol. The minimum Gasteiger partial charge on any atom is -0.478 e. The standard InChI is InChI=1S/C14H9N3O2S/c18-14(19)10-3-1-2-9(6-10)13-17-12(8-20-13)11-7-15-4-5-16-11/h1-8H,(H,18,19). The van der Waals surface area contributed by atoms with E-state index < -0.39 is 5.97 Å². The zero-order valence-corrected chi connectivity index (χ0v) is 11.0. The molecule has 0 bridgehead atoms. The number of aromatic nitrogens is 3. The molecule has 0 amide bonds. The van der Waals surface area contributed by atoms with Gasteiger partial charge in [0.1, 0.15) is 16.4 Å². The minimum absolute atomic E-state index is 0.249. The second-order valence-corrected chi connectivity index (χ2v) is 4.87. The van der Waals surface area contributed by atoms with Gasteiger partial charge in [0.15, 0.2) is 0 Å². The summed E-state index contributed by atoms with van der Waals surface area (Å²) in [5.74, 6) is -0.947. The van der Waals surface area contributed by atoms with Crippen molar-refractivity contribution in [2.45, 2.75) is 0 Å². The maximum atomic E-state index is 11.0. The molecule has 0 fully saturated rings. The molecule has 1 N–H and O–H groups in total. The van der Waals surface area contributed by atoms with Gasteiger partial charge < -0.3 is 5.11 Å². The van der Waals surface area contributed by atoms with Crippen molar-refractivity contribution in [1.29, 1.82) is 0 Å². The Morgan fingerprint density at radius 3 is 2.85 bits per heavy atom. The Morgan fingerprint density at radius 1 is 1.20 bits per heavy atom. The van der Waals surface area contributed by atoms with Crippen molar-refractivity contribution in [3.63, 3.8) is 0 Å². The van der Waals surface area contributed by atoms with Crippen molar-refractivity contribution >= 4 is 17.3 Å². The summed E-state index contributed by atoms with van der Waals surface area (Å²) in [6, 6.07) is 6.72. The van der Waals surface area contributed by atoms with Gasteiger partial charge in [-0.3, -0.25) is 9.97 Å². The van der Waals surface area contributed by atoms with Crippen molar-refractivity contribution in [3.8, 4) is 22.0 Å². The van der Waals surface area contributed by atoms with E-state index >= 15 is 0 Å². The van der Waals surface area contributed by atoms with E-state index in [1.807, 2.05) is 11.4 Å². The largest absolute Gasteiger partial charge is 0.478 e. The third-order valence-corrected chi connectivity index (χ3v) is 3.58. The van der Waals surface area contributed by atoms with Crippen molar-refractivity contribution in [2.24, 2.45) is 0 Å². The summed E-state index contributed by atoms with van der Waals surface area (Å²) in [6.45, 7) is 0. The van der Waals surface area contributed by atoms with Crippen LogP contribution in [0.5, 0.6) is 0 Å². The molecule has 0 saturated heterocycles. The maximum absolute atomic E-state index is 11.0. The molecular weight excluding hydrogens is 274 g/mol. The highest BCUT2D eigenvalue weighted by Gasteiger charge is 2.10. The lowest BCUT2D eigenvalue weighted by Crippen LogP contribution is -1.95. The van der Waals surface area contributed by atoms with Crippen LogP contribution in [0.25, 0.3) is 22.0 Å². The quantitative estimate of drug-likeness (QED) is 0.799. The second kappa shape index (κ2) is 5.18. The summed E-state index contributed by atoms with van der Waals surface area (Å²) < 4.78 is 0. The fourth-order valence-corrected chi connectivity index (χ4v) is 2.55. The van der Waals surface area contributed by atoms with Gasteiger partial charge in [0.2, 0.25) is 0 Å². The second-order valence-electron chi connectivity index (χ2n) is 4.01. The van der Waals surface area contributed by atoms with Crippen LogP contribution in [0.1, 0.15) is 10.4 Å². The van der Waals surface area contributed by atoms with E-state index in [2.05, 4.69) is 15.0 Å². The van der Waals surface area contributed by atoms with Crippen molar-refractivity contribution in [3.05, 3.63) is 53.8 Å². The first-order valence-electron chi connectivity index (χ1n) is 5.80. The Kier molecular flexibility index (Phi) is 3.22. The topological polar surface area (TPSA) is 76.0 Å². The van der Waals surface area contributed by atoms with E-state index in [0.29, 0.717) is 5.69 Å². The van der Waals surface area contributed by atoms with Gasteiger partial charge in [-0.05, 0) is 12.1 Å². The van der Waals surface area contributed by atoms with Gasteiger partial charge in [0, 0.05) is 23.3 Å². The first kappa shape index (κ1) is 12.4. The Balaban J connectivity index is 1.98. The molecule has 2 aromatic heterocycles. The summed E-state index contributed by atoms with van der Waals surface area (Å²) in [5, 5.41) is 11.6. The van der Waals surface area contributed by atoms with Crippen LogP contribution in [0, 0.1) is 0 Å². The molecule has 5 nitrogen and oxygen atoms in total. The number of hydrogen-bond acceptors (Lipinski definition) is 5. The number of carboxylic acids is 1. The number of rotatable bonds is 3. The van der Waals surface area contributed by atoms with Crippen molar-refractivity contribution < 1.29 is 9.90 Å². The molecule has 1 aromatic carbocycles. The van der Waals surface area contributed by atoms with Gasteiger partial charge in [-0.1, -0.05) is 12.1 Å². The first-order chi connectivity index (χ1) is 9.74. The van der Waals surface area contributed by atoms with Gasteiger partial charge in [-0.25, -0.2) is 9.78 Å². The maximum Gasteiger partial charge on any atom is 0.335 e. The minimum atomic E-state index is -0.947. The van der Waals surface area contributed by atoms with E-state index in [1.165, 1.54) is 11.3 Å². The van der Waals surface area contributed by atoms with E-state index in [0.717, 1.165) is 16.3 Å². The molecule has 0 aliphatic rings. The average Bonchev–Trinajstić information content (AvgIpc) is 2.98. The summed E-state index contributed by atoms with van der Waals surface area (Å²) >= 11 is 1.45. The molecule has 0 atom stereocenters. The fourth-order valence-electron chi connectivity index (χ4n) is 1.74. The number of aromatic carboxylic acids is 1. The SMILES string of the molecule is O=C(O)c1cccc(-c2nc(-c3cnccn3)cs2)c1. The van der Waals surface area contributed by atoms with E-state index in [1.54, 1.807) is 36.8 Å². The number of benzene rings is 1. The normalized spacial score (nSPS) is 10.4. The third kappa shape index (κ3) is 2.41. The zero-order chi connectivity index (χ0) is 13.9. The van der Waals surface area contributed by atoms with Crippen LogP contribution in [0.2, 0.25) is 0 Å². The number of carbonyl (C=O) groups is 1. The smallest absolute Gasteiger partial charge is 0.335 e. The molecule has 3 rings (SSSR count). The van der Waals surface area contributed by atoms with E-state index in [9.17, 15) is 4.79 Å². The molecule has 0 aliphatic heterocycles. The van der Waals surface area contributed by atoms with Crippen LogP contribution in [0.15, 0.2) is 48.2 Å². The lowest BCUT2D eigenvalue weighted by Gasteiger charge is -1.98. The first-order valence-corrected chi connectivity index (χ1v) is 6.67. The molecule has 0 saturated carbocycles. The molecule has 2 heterocycles. The fraction of sp³-hybridized carbons (Fsp3) is 0. The molecule has 0 unspecified atom stereocenters. The summed E-state index contributed by atoms with van der Waals surface area (Å²) in [6.07, 6.45) is 4.86. The third-order valence-electron chi connectivity index (χ3n) is 2.69.